The molecular formula is C25H29N3O3. The summed E-state index contributed by atoms with van der Waals surface area (Å²) in [6.07, 6.45) is 0.915. The Labute approximate surface area is 183 Å². The molecule has 2 saturated heterocycles. The Hall–Kier alpha value is -3.15. The standard InChI is InChI=1S/C25H29N3O3/c1-18(2)17-28-24(31)26-23(30)25(28)13-15-27(16-14-25)22(29)21(19-9-5-3-6-10-19)20-11-7-4-8-12-20/h3-12,18,21H,13-17H2,1-2H3,(H,26,30,31). The fraction of sp³-hybridized carbons (Fsp3) is 0.400. The average Bonchev–Trinajstić information content (AvgIpc) is 2.99. The molecule has 6 heteroatoms. The highest BCUT2D eigenvalue weighted by Gasteiger charge is 2.54. The zero-order chi connectivity index (χ0) is 22.0. The monoisotopic (exact) mass is 419 g/mol. The predicted molar refractivity (Wildman–Crippen MR) is 118 cm³/mol. The smallest absolute Gasteiger partial charge is 0.325 e. The van der Waals surface area contributed by atoms with Crippen LogP contribution in [0.15, 0.2) is 60.7 Å². The lowest BCUT2D eigenvalue weighted by atomic mass is 9.84. The van der Waals surface area contributed by atoms with E-state index in [9.17, 15) is 14.4 Å². The van der Waals surface area contributed by atoms with Gasteiger partial charge in [0.2, 0.25) is 5.91 Å². The molecular weight excluding hydrogens is 390 g/mol. The van der Waals surface area contributed by atoms with E-state index in [1.807, 2.05) is 79.4 Å². The summed E-state index contributed by atoms with van der Waals surface area (Å²) in [5, 5.41) is 2.50. The fourth-order valence-corrected chi connectivity index (χ4v) is 4.77. The van der Waals surface area contributed by atoms with Crippen LogP contribution in [0.1, 0.15) is 43.7 Å². The summed E-state index contributed by atoms with van der Waals surface area (Å²) in [5.74, 6) is -0.323. The number of amides is 4. The van der Waals surface area contributed by atoms with Gasteiger partial charge in [-0.05, 0) is 29.9 Å². The number of rotatable bonds is 5. The van der Waals surface area contributed by atoms with Gasteiger partial charge in [0.05, 0.1) is 5.92 Å². The second-order valence-corrected chi connectivity index (χ2v) is 8.87. The number of nitrogens with one attached hydrogen (secondary N) is 1. The Kier molecular flexibility index (Phi) is 5.81. The molecule has 0 atom stereocenters. The third-order valence-electron chi connectivity index (χ3n) is 6.37. The van der Waals surface area contributed by atoms with Gasteiger partial charge in [-0.1, -0.05) is 74.5 Å². The summed E-state index contributed by atoms with van der Waals surface area (Å²) in [6.45, 7) is 5.50. The first-order valence-electron chi connectivity index (χ1n) is 10.9. The molecule has 1 N–H and O–H groups in total. The maximum atomic E-state index is 13.7. The summed E-state index contributed by atoms with van der Waals surface area (Å²) in [7, 11) is 0. The molecule has 4 rings (SSSR count). The molecule has 2 fully saturated rings. The van der Waals surface area contributed by atoms with Crippen molar-refractivity contribution in [3.05, 3.63) is 71.8 Å². The van der Waals surface area contributed by atoms with Crippen LogP contribution in [0.5, 0.6) is 0 Å². The fourth-order valence-electron chi connectivity index (χ4n) is 4.77. The molecule has 0 aliphatic carbocycles. The molecule has 0 bridgehead atoms. The van der Waals surface area contributed by atoms with Crippen molar-refractivity contribution in [3.63, 3.8) is 0 Å². The van der Waals surface area contributed by atoms with Crippen LogP contribution in [-0.4, -0.2) is 52.8 Å². The molecule has 0 unspecified atom stereocenters. The van der Waals surface area contributed by atoms with E-state index in [1.54, 1.807) is 4.90 Å². The van der Waals surface area contributed by atoms with Crippen molar-refractivity contribution in [1.82, 2.24) is 15.1 Å². The Morgan fingerprint density at radius 2 is 1.45 bits per heavy atom. The normalized spacial score (nSPS) is 18.2. The van der Waals surface area contributed by atoms with Gasteiger partial charge >= 0.3 is 6.03 Å². The maximum Gasteiger partial charge on any atom is 0.325 e. The molecule has 0 saturated carbocycles. The molecule has 4 amide bonds. The minimum Gasteiger partial charge on any atom is -0.342 e. The van der Waals surface area contributed by atoms with Crippen molar-refractivity contribution >= 4 is 17.8 Å². The zero-order valence-electron chi connectivity index (χ0n) is 18.1. The van der Waals surface area contributed by atoms with Gasteiger partial charge < -0.3 is 9.80 Å². The average molecular weight is 420 g/mol. The van der Waals surface area contributed by atoms with E-state index < -0.39 is 5.54 Å². The molecule has 2 aromatic carbocycles. The van der Waals surface area contributed by atoms with Crippen molar-refractivity contribution in [1.29, 1.82) is 0 Å². The van der Waals surface area contributed by atoms with Gasteiger partial charge in [0.15, 0.2) is 0 Å². The van der Waals surface area contributed by atoms with E-state index in [0.29, 0.717) is 32.5 Å². The van der Waals surface area contributed by atoms with Crippen molar-refractivity contribution < 1.29 is 14.4 Å². The molecule has 2 heterocycles. The minimum atomic E-state index is -0.840. The Balaban J connectivity index is 1.56. The van der Waals surface area contributed by atoms with Gasteiger partial charge in [0, 0.05) is 19.6 Å². The molecule has 0 radical (unpaired) electrons. The van der Waals surface area contributed by atoms with E-state index in [0.717, 1.165) is 11.1 Å². The number of carbonyl (C=O) groups is 3. The number of imide groups is 1. The van der Waals surface area contributed by atoms with Crippen molar-refractivity contribution in [2.24, 2.45) is 5.92 Å². The van der Waals surface area contributed by atoms with Gasteiger partial charge in [0.1, 0.15) is 5.54 Å². The summed E-state index contributed by atoms with van der Waals surface area (Å²) >= 11 is 0. The first-order chi connectivity index (χ1) is 14.9. The van der Waals surface area contributed by atoms with Gasteiger partial charge in [-0.3, -0.25) is 14.9 Å². The summed E-state index contributed by atoms with van der Waals surface area (Å²) in [6, 6.07) is 19.3. The Morgan fingerprint density at radius 1 is 0.935 bits per heavy atom. The summed E-state index contributed by atoms with van der Waals surface area (Å²) < 4.78 is 0. The number of carbonyl (C=O) groups excluding carboxylic acids is 3. The highest BCUT2D eigenvalue weighted by Crippen LogP contribution is 2.36. The third kappa shape index (κ3) is 3.94. The number of piperidine rings is 1. The third-order valence-corrected chi connectivity index (χ3v) is 6.37. The van der Waals surface area contributed by atoms with Crippen LogP contribution in [-0.2, 0) is 9.59 Å². The maximum absolute atomic E-state index is 13.7. The molecule has 162 valence electrons. The first kappa shape index (κ1) is 21.1. The van der Waals surface area contributed by atoms with Gasteiger partial charge in [-0.15, -0.1) is 0 Å². The molecule has 2 aliphatic heterocycles. The molecule has 1 spiro atoms. The van der Waals surface area contributed by atoms with Crippen LogP contribution in [0.4, 0.5) is 4.79 Å². The molecule has 0 aromatic heterocycles. The lowest BCUT2D eigenvalue weighted by Gasteiger charge is -2.43. The van der Waals surface area contributed by atoms with Crippen molar-refractivity contribution in [2.45, 2.75) is 38.1 Å². The predicted octanol–water partition coefficient (Wildman–Crippen LogP) is 3.39. The van der Waals surface area contributed by atoms with Crippen LogP contribution in [0, 0.1) is 5.92 Å². The molecule has 2 aromatic rings. The number of benzene rings is 2. The number of hydrogen-bond donors (Lipinski definition) is 1. The molecule has 2 aliphatic rings. The summed E-state index contributed by atoms with van der Waals surface area (Å²) in [5.41, 5.74) is 1.07. The molecule has 31 heavy (non-hydrogen) atoms. The lowest BCUT2D eigenvalue weighted by molar-refractivity contribution is -0.138. The number of likely N-dealkylation sites (tertiary alicyclic amines) is 1. The lowest BCUT2D eigenvalue weighted by Crippen LogP contribution is -2.58. The number of hydrogen-bond acceptors (Lipinski definition) is 3. The van der Waals surface area contributed by atoms with E-state index in [-0.39, 0.29) is 29.7 Å². The van der Waals surface area contributed by atoms with E-state index >= 15 is 0 Å². The SMILES string of the molecule is CC(C)CN1C(=O)NC(=O)C12CCN(C(=O)C(c1ccccc1)c1ccccc1)CC2. The van der Waals surface area contributed by atoms with Crippen molar-refractivity contribution in [2.75, 3.05) is 19.6 Å². The molecule has 6 nitrogen and oxygen atoms in total. The van der Waals surface area contributed by atoms with E-state index in [1.165, 1.54) is 0 Å². The van der Waals surface area contributed by atoms with Gasteiger partial charge in [-0.25, -0.2) is 4.79 Å². The highest BCUT2D eigenvalue weighted by atomic mass is 16.2. The largest absolute Gasteiger partial charge is 0.342 e. The van der Waals surface area contributed by atoms with Crippen LogP contribution in [0.2, 0.25) is 0 Å². The van der Waals surface area contributed by atoms with Crippen LogP contribution >= 0.6 is 0 Å². The summed E-state index contributed by atoms with van der Waals surface area (Å²) in [4.78, 5) is 42.3. The van der Waals surface area contributed by atoms with E-state index in [2.05, 4.69) is 5.32 Å². The van der Waals surface area contributed by atoms with Gasteiger partial charge in [0.25, 0.3) is 5.91 Å². The van der Waals surface area contributed by atoms with Crippen molar-refractivity contribution in [3.8, 4) is 0 Å². The second kappa shape index (κ2) is 8.53. The minimum absolute atomic E-state index is 0.0346. The number of nitrogens with zero attached hydrogens (tertiary/aromatic N) is 2. The van der Waals surface area contributed by atoms with Gasteiger partial charge in [-0.2, -0.15) is 0 Å². The van der Waals surface area contributed by atoms with Crippen LogP contribution in [0.3, 0.4) is 0 Å². The zero-order valence-corrected chi connectivity index (χ0v) is 18.1. The van der Waals surface area contributed by atoms with E-state index in [4.69, 9.17) is 0 Å². The van der Waals surface area contributed by atoms with Crippen LogP contribution in [0.25, 0.3) is 0 Å². The topological polar surface area (TPSA) is 69.7 Å². The first-order valence-corrected chi connectivity index (χ1v) is 10.9. The van der Waals surface area contributed by atoms with Crippen LogP contribution < -0.4 is 5.32 Å². The Bertz CT molecular complexity index is 911. The quantitative estimate of drug-likeness (QED) is 0.756. The number of urea groups is 1. The second-order valence-electron chi connectivity index (χ2n) is 8.87. The Morgan fingerprint density at radius 3 is 1.94 bits per heavy atom. The highest BCUT2D eigenvalue weighted by molar-refractivity contribution is 6.07.